The van der Waals surface area contributed by atoms with Crippen LogP contribution in [0.15, 0.2) is 47.6 Å². The lowest BCUT2D eigenvalue weighted by Crippen LogP contribution is -2.32. The number of ether oxygens (including phenoxy) is 2. The summed E-state index contributed by atoms with van der Waals surface area (Å²) in [6, 6.07) is 10.6. The molecule has 2 aromatic carbocycles. The molecule has 2 N–H and O–H groups in total. The number of hydrazone groups is 1. The maximum Gasteiger partial charge on any atom is 0.329 e. The number of anilines is 1. The maximum absolute atomic E-state index is 13.4. The molecule has 2 aromatic rings. The molecule has 7 nitrogen and oxygen atoms in total. The average Bonchev–Trinajstić information content (AvgIpc) is 2.63. The number of halogens is 1. The second kappa shape index (κ2) is 8.44. The molecule has 2 amide bonds. The molecule has 25 heavy (non-hydrogen) atoms. The van der Waals surface area contributed by atoms with Crippen LogP contribution in [0.4, 0.5) is 10.1 Å². The molecule has 0 unspecified atom stereocenters. The van der Waals surface area contributed by atoms with Gasteiger partial charge in [-0.2, -0.15) is 5.10 Å². The van der Waals surface area contributed by atoms with Gasteiger partial charge in [0.2, 0.25) is 0 Å². The van der Waals surface area contributed by atoms with Crippen molar-refractivity contribution in [2.75, 3.05) is 19.5 Å². The number of rotatable bonds is 5. The number of hydrogen-bond acceptors (Lipinski definition) is 5. The first kappa shape index (κ1) is 17.9. The van der Waals surface area contributed by atoms with E-state index in [2.05, 4.69) is 10.4 Å². The molecule has 0 spiro atoms. The van der Waals surface area contributed by atoms with Gasteiger partial charge in [-0.05, 0) is 18.2 Å². The maximum atomic E-state index is 13.4. The minimum absolute atomic E-state index is 0.178. The fourth-order valence-corrected chi connectivity index (χ4v) is 1.88. The van der Waals surface area contributed by atoms with Crippen LogP contribution in [0.3, 0.4) is 0 Å². The lowest BCUT2D eigenvalue weighted by molar-refractivity contribution is -0.136. The molecule has 0 heterocycles. The first-order valence-electron chi connectivity index (χ1n) is 7.16. The van der Waals surface area contributed by atoms with Gasteiger partial charge in [0.05, 0.1) is 26.1 Å². The molecule has 0 aliphatic heterocycles. The van der Waals surface area contributed by atoms with E-state index in [1.807, 2.05) is 5.43 Å². The van der Waals surface area contributed by atoms with Crippen molar-refractivity contribution in [1.29, 1.82) is 0 Å². The number of hydrogen-bond donors (Lipinski definition) is 2. The molecule has 2 rings (SSSR count). The number of methoxy groups -OCH3 is 2. The summed E-state index contributed by atoms with van der Waals surface area (Å²) in [5.74, 6) is -1.63. The van der Waals surface area contributed by atoms with Crippen LogP contribution in [0.25, 0.3) is 0 Å². The van der Waals surface area contributed by atoms with Crippen molar-refractivity contribution >= 4 is 23.7 Å². The zero-order chi connectivity index (χ0) is 18.2. The largest absolute Gasteiger partial charge is 0.497 e. The Hall–Kier alpha value is -3.42. The number of carbonyl (C=O) groups excluding carboxylic acids is 2. The van der Waals surface area contributed by atoms with Crippen molar-refractivity contribution in [1.82, 2.24) is 5.43 Å². The quantitative estimate of drug-likeness (QED) is 0.492. The summed E-state index contributed by atoms with van der Waals surface area (Å²) in [4.78, 5) is 23.7. The van der Waals surface area contributed by atoms with Crippen molar-refractivity contribution in [3.05, 3.63) is 53.8 Å². The molecule has 0 radical (unpaired) electrons. The van der Waals surface area contributed by atoms with Gasteiger partial charge in [-0.3, -0.25) is 9.59 Å². The first-order valence-corrected chi connectivity index (χ1v) is 7.16. The molecule has 130 valence electrons. The molecule has 8 heteroatoms. The fraction of sp³-hybridized carbons (Fsp3) is 0.118. The highest BCUT2D eigenvalue weighted by Crippen LogP contribution is 2.28. The van der Waals surface area contributed by atoms with Crippen molar-refractivity contribution in [3.8, 4) is 11.5 Å². The number of nitrogens with one attached hydrogen (secondary N) is 2. The number of nitrogens with zero attached hydrogens (tertiary/aromatic N) is 1. The smallest absolute Gasteiger partial charge is 0.329 e. The Bertz CT molecular complexity index is 808. The minimum Gasteiger partial charge on any atom is -0.497 e. The van der Waals surface area contributed by atoms with Crippen LogP contribution in [-0.4, -0.2) is 32.2 Å². The van der Waals surface area contributed by atoms with E-state index in [1.165, 1.54) is 38.5 Å². The van der Waals surface area contributed by atoms with Crippen molar-refractivity contribution in [3.63, 3.8) is 0 Å². The second-order valence-electron chi connectivity index (χ2n) is 4.74. The highest BCUT2D eigenvalue weighted by molar-refractivity contribution is 6.39. The van der Waals surface area contributed by atoms with Gasteiger partial charge in [-0.1, -0.05) is 18.2 Å². The highest BCUT2D eigenvalue weighted by atomic mass is 19.1. The summed E-state index contributed by atoms with van der Waals surface area (Å²) in [6.45, 7) is 0. The van der Waals surface area contributed by atoms with Crippen molar-refractivity contribution in [2.45, 2.75) is 0 Å². The molecule has 0 saturated heterocycles. The van der Waals surface area contributed by atoms with Crippen LogP contribution < -0.4 is 20.2 Å². The predicted molar refractivity (Wildman–Crippen MR) is 90.3 cm³/mol. The molecule has 0 saturated carbocycles. The average molecular weight is 345 g/mol. The van der Waals surface area contributed by atoms with Crippen LogP contribution in [0.1, 0.15) is 5.56 Å². The summed E-state index contributed by atoms with van der Waals surface area (Å²) in [5.41, 5.74) is 2.47. The third-order valence-electron chi connectivity index (χ3n) is 3.14. The van der Waals surface area contributed by atoms with E-state index >= 15 is 0 Å². The van der Waals surface area contributed by atoms with Gasteiger partial charge in [-0.25, -0.2) is 9.82 Å². The Morgan fingerprint density at radius 2 is 1.84 bits per heavy atom. The molecular weight excluding hydrogens is 329 g/mol. The Morgan fingerprint density at radius 1 is 1.08 bits per heavy atom. The van der Waals surface area contributed by atoms with Gasteiger partial charge >= 0.3 is 11.8 Å². The van der Waals surface area contributed by atoms with Gasteiger partial charge in [-0.15, -0.1) is 0 Å². The van der Waals surface area contributed by atoms with Gasteiger partial charge < -0.3 is 14.8 Å². The molecule has 0 atom stereocenters. The van der Waals surface area contributed by atoms with E-state index in [4.69, 9.17) is 9.47 Å². The Balaban J connectivity index is 2.01. The summed E-state index contributed by atoms with van der Waals surface area (Å²) in [5, 5.41) is 5.95. The normalized spacial score (nSPS) is 10.4. The molecular formula is C17H16FN3O4. The topological polar surface area (TPSA) is 89.0 Å². The predicted octanol–water partition coefficient (Wildman–Crippen LogP) is 1.93. The molecule has 0 aliphatic carbocycles. The second-order valence-corrected chi connectivity index (χ2v) is 4.74. The number of carbonyl (C=O) groups is 2. The SMILES string of the molecule is COc1ccc(OC)c(NC(=O)C(=O)NN=Cc2ccccc2F)c1. The summed E-state index contributed by atoms with van der Waals surface area (Å²) >= 11 is 0. The monoisotopic (exact) mass is 345 g/mol. The first-order chi connectivity index (χ1) is 12.0. The van der Waals surface area contributed by atoms with Gasteiger partial charge in [0.1, 0.15) is 17.3 Å². The van der Waals surface area contributed by atoms with Crippen molar-refractivity contribution in [2.24, 2.45) is 5.10 Å². The van der Waals surface area contributed by atoms with E-state index in [1.54, 1.807) is 18.2 Å². The lowest BCUT2D eigenvalue weighted by Gasteiger charge is -2.11. The highest BCUT2D eigenvalue weighted by Gasteiger charge is 2.16. The standard InChI is InChI=1S/C17H16FN3O4/c1-24-12-7-8-15(25-2)14(9-12)20-16(22)17(23)21-19-10-11-5-3-4-6-13(11)18/h3-10H,1-2H3,(H,20,22)(H,21,23). The summed E-state index contributed by atoms with van der Waals surface area (Å²) in [7, 11) is 2.90. The van der Waals surface area contributed by atoms with E-state index < -0.39 is 17.6 Å². The molecule has 0 bridgehead atoms. The number of amides is 2. The molecule has 0 fully saturated rings. The lowest BCUT2D eigenvalue weighted by atomic mass is 10.2. The Morgan fingerprint density at radius 3 is 2.52 bits per heavy atom. The minimum atomic E-state index is -1.02. The Kier molecular flexibility index (Phi) is 6.05. The zero-order valence-corrected chi connectivity index (χ0v) is 13.6. The molecule has 0 aliphatic rings. The summed E-state index contributed by atoms with van der Waals surface area (Å²) < 4.78 is 23.6. The van der Waals surface area contributed by atoms with E-state index in [9.17, 15) is 14.0 Å². The molecule has 0 aromatic heterocycles. The third-order valence-corrected chi connectivity index (χ3v) is 3.14. The zero-order valence-electron chi connectivity index (χ0n) is 13.6. The Labute approximate surface area is 143 Å². The van der Waals surface area contributed by atoms with E-state index in [-0.39, 0.29) is 11.3 Å². The third kappa shape index (κ3) is 4.77. The van der Waals surface area contributed by atoms with Crippen LogP contribution in [0, 0.1) is 5.82 Å². The van der Waals surface area contributed by atoms with Crippen LogP contribution in [0.5, 0.6) is 11.5 Å². The fourth-order valence-electron chi connectivity index (χ4n) is 1.88. The van der Waals surface area contributed by atoms with E-state index in [0.29, 0.717) is 11.5 Å². The summed E-state index contributed by atoms with van der Waals surface area (Å²) in [6.07, 6.45) is 1.10. The van der Waals surface area contributed by atoms with Crippen LogP contribution in [-0.2, 0) is 9.59 Å². The van der Waals surface area contributed by atoms with Crippen LogP contribution in [0.2, 0.25) is 0 Å². The van der Waals surface area contributed by atoms with Crippen molar-refractivity contribution < 1.29 is 23.5 Å². The van der Waals surface area contributed by atoms with Gasteiger partial charge in [0, 0.05) is 11.6 Å². The number of benzene rings is 2. The van der Waals surface area contributed by atoms with Crippen LogP contribution >= 0.6 is 0 Å². The van der Waals surface area contributed by atoms with Gasteiger partial charge in [0.15, 0.2) is 0 Å². The van der Waals surface area contributed by atoms with Gasteiger partial charge in [0.25, 0.3) is 0 Å². The van der Waals surface area contributed by atoms with E-state index in [0.717, 1.165) is 6.21 Å².